The average Bonchev–Trinajstić information content (AvgIpc) is 3.21. The highest BCUT2D eigenvalue weighted by atomic mass is 32.2. The van der Waals surface area contributed by atoms with Crippen molar-refractivity contribution in [2.24, 2.45) is 0 Å². The molecule has 5 rings (SSSR count). The Bertz CT molecular complexity index is 1140. The fraction of sp³-hybridized carbons (Fsp3) is 0.619. The van der Waals surface area contributed by atoms with Crippen molar-refractivity contribution in [2.75, 3.05) is 69.4 Å². The lowest BCUT2D eigenvalue weighted by Crippen LogP contribution is -2.54. The molecule has 3 aliphatic rings. The molecule has 0 radical (unpaired) electrons. The third-order valence-corrected chi connectivity index (χ3v) is 9.10. The number of anilines is 2. The first kappa shape index (κ1) is 23.7. The Morgan fingerprint density at radius 1 is 1.15 bits per heavy atom. The molecule has 2 N–H and O–H groups in total. The molecule has 1 unspecified atom stereocenters. The van der Waals surface area contributed by atoms with Gasteiger partial charge in [-0.25, -0.2) is 28.4 Å². The van der Waals surface area contributed by atoms with Crippen molar-refractivity contribution in [3.8, 4) is 11.4 Å². The molecule has 2 aromatic rings. The highest BCUT2D eigenvalue weighted by Gasteiger charge is 2.35. The summed E-state index contributed by atoms with van der Waals surface area (Å²) < 4.78 is 31.2. The Balaban J connectivity index is 1.36. The molecular formula is C21H30N8O3S2. The first-order valence-electron chi connectivity index (χ1n) is 11.5. The number of thioether (sulfide) groups is 1. The van der Waals surface area contributed by atoms with Crippen LogP contribution in [0.1, 0.15) is 12.6 Å². The fourth-order valence-corrected chi connectivity index (χ4v) is 7.34. The zero-order valence-electron chi connectivity index (χ0n) is 19.4. The van der Waals surface area contributed by atoms with Crippen LogP contribution in [0, 0.1) is 0 Å². The van der Waals surface area contributed by atoms with Crippen LogP contribution in [0.25, 0.3) is 11.4 Å². The van der Waals surface area contributed by atoms with Crippen molar-refractivity contribution < 1.29 is 13.2 Å². The van der Waals surface area contributed by atoms with Gasteiger partial charge in [-0.05, 0) is 6.92 Å². The zero-order valence-corrected chi connectivity index (χ0v) is 21.1. The lowest BCUT2D eigenvalue weighted by atomic mass is 10.1. The second kappa shape index (κ2) is 9.53. The second-order valence-electron chi connectivity index (χ2n) is 9.00. The minimum Gasteiger partial charge on any atom is -0.378 e. The molecule has 0 aromatic carbocycles. The molecule has 3 aliphatic heterocycles. The molecule has 0 aliphatic carbocycles. The number of morpholine rings is 1. The monoisotopic (exact) mass is 506 g/mol. The number of nitrogens with zero attached hydrogens (tertiary/aromatic N) is 7. The van der Waals surface area contributed by atoms with Gasteiger partial charge in [0.15, 0.2) is 5.82 Å². The van der Waals surface area contributed by atoms with E-state index in [4.69, 9.17) is 20.4 Å². The number of sulfonamides is 1. The highest BCUT2D eigenvalue weighted by Crippen LogP contribution is 2.43. The molecule has 0 amide bonds. The third kappa shape index (κ3) is 4.98. The Morgan fingerprint density at radius 2 is 1.88 bits per heavy atom. The minimum atomic E-state index is -3.17. The number of rotatable bonds is 5. The van der Waals surface area contributed by atoms with Crippen LogP contribution in [0.4, 0.5) is 11.8 Å². The van der Waals surface area contributed by atoms with Crippen LogP contribution in [-0.4, -0.2) is 108 Å². The third-order valence-electron chi connectivity index (χ3n) is 6.40. The van der Waals surface area contributed by atoms with E-state index in [1.54, 1.807) is 16.7 Å². The quantitative estimate of drug-likeness (QED) is 0.602. The summed E-state index contributed by atoms with van der Waals surface area (Å²) >= 11 is 1.83. The standard InChI is InChI=1S/C21H30N8O3S2/c1-14-12-27(3-4-29(14)34(2,30)31)13-16-9-17-18(33-16)20(28-5-7-32-8-6-28)26-19(25-17)15-10-23-21(22)24-11-15/h10-11,14,16H,3-9,12-13H2,1-2H3,(H2,22,23,24)/t14-,16?/m0/s1. The molecule has 2 aromatic heterocycles. The van der Waals surface area contributed by atoms with Crippen molar-refractivity contribution in [1.82, 2.24) is 29.1 Å². The van der Waals surface area contributed by atoms with Gasteiger partial charge in [-0.3, -0.25) is 4.90 Å². The van der Waals surface area contributed by atoms with Gasteiger partial charge in [-0.2, -0.15) is 4.31 Å². The van der Waals surface area contributed by atoms with E-state index in [1.165, 1.54) is 6.26 Å². The number of nitrogen functional groups attached to an aromatic ring is 1. The lowest BCUT2D eigenvalue weighted by Gasteiger charge is -2.39. The van der Waals surface area contributed by atoms with Crippen LogP contribution in [-0.2, 0) is 21.2 Å². The molecule has 0 bridgehead atoms. The smallest absolute Gasteiger partial charge is 0.219 e. The van der Waals surface area contributed by atoms with Gasteiger partial charge in [0.25, 0.3) is 0 Å². The Kier molecular flexibility index (Phi) is 6.64. The molecule has 184 valence electrons. The summed E-state index contributed by atoms with van der Waals surface area (Å²) in [6.45, 7) is 7.79. The summed E-state index contributed by atoms with van der Waals surface area (Å²) in [5.41, 5.74) is 7.45. The normalized spacial score (nSPS) is 24.4. The van der Waals surface area contributed by atoms with Crippen molar-refractivity contribution in [2.45, 2.75) is 29.5 Å². The Labute approximate surface area is 204 Å². The molecule has 13 heteroatoms. The van der Waals surface area contributed by atoms with Gasteiger partial charge in [0.2, 0.25) is 16.0 Å². The van der Waals surface area contributed by atoms with E-state index >= 15 is 0 Å². The average molecular weight is 507 g/mol. The van der Waals surface area contributed by atoms with Crippen LogP contribution in [0.15, 0.2) is 17.3 Å². The van der Waals surface area contributed by atoms with E-state index in [2.05, 4.69) is 19.8 Å². The molecule has 34 heavy (non-hydrogen) atoms. The first-order chi connectivity index (χ1) is 16.3. The van der Waals surface area contributed by atoms with Crippen molar-refractivity contribution in [3.05, 3.63) is 18.1 Å². The summed E-state index contributed by atoms with van der Waals surface area (Å²) in [6, 6.07) is -0.0293. The van der Waals surface area contributed by atoms with E-state index in [-0.39, 0.29) is 12.0 Å². The maximum absolute atomic E-state index is 12.0. The van der Waals surface area contributed by atoms with Crippen molar-refractivity contribution in [1.29, 1.82) is 0 Å². The molecule has 5 heterocycles. The lowest BCUT2D eigenvalue weighted by molar-refractivity contribution is 0.122. The first-order valence-corrected chi connectivity index (χ1v) is 14.2. The van der Waals surface area contributed by atoms with Gasteiger partial charge in [0.05, 0.1) is 35.6 Å². The van der Waals surface area contributed by atoms with E-state index < -0.39 is 10.0 Å². The van der Waals surface area contributed by atoms with E-state index in [9.17, 15) is 8.42 Å². The molecule has 2 saturated heterocycles. The minimum absolute atomic E-state index is 0.0293. The number of aromatic nitrogens is 4. The molecule has 2 atom stereocenters. The summed E-state index contributed by atoms with van der Waals surface area (Å²) in [5, 5.41) is 0.332. The second-order valence-corrected chi connectivity index (χ2v) is 12.2. The summed E-state index contributed by atoms with van der Waals surface area (Å²) in [4.78, 5) is 23.8. The highest BCUT2D eigenvalue weighted by molar-refractivity contribution is 8.00. The van der Waals surface area contributed by atoms with Gasteiger partial charge in [0, 0.05) is 69.4 Å². The predicted octanol–water partition coefficient (Wildman–Crippen LogP) is 0.335. The van der Waals surface area contributed by atoms with Gasteiger partial charge in [0.1, 0.15) is 5.82 Å². The SMILES string of the molecule is C[C@H]1CN(CC2Cc3nc(-c4cnc(N)nc4)nc(N4CCOCC4)c3S2)CCN1S(C)(=O)=O. The van der Waals surface area contributed by atoms with Crippen molar-refractivity contribution in [3.63, 3.8) is 0 Å². The predicted molar refractivity (Wildman–Crippen MR) is 131 cm³/mol. The number of fused-ring (bicyclic) bond motifs is 1. The van der Waals surface area contributed by atoms with Crippen LogP contribution in [0.5, 0.6) is 0 Å². The number of hydrogen-bond acceptors (Lipinski definition) is 11. The number of piperazine rings is 1. The Hall–Kier alpha value is -2.06. The topological polar surface area (TPSA) is 131 Å². The zero-order chi connectivity index (χ0) is 23.9. The maximum Gasteiger partial charge on any atom is 0.219 e. The molecule has 2 fully saturated rings. The number of ether oxygens (including phenoxy) is 1. The number of hydrogen-bond donors (Lipinski definition) is 1. The van der Waals surface area contributed by atoms with Crippen molar-refractivity contribution >= 4 is 33.6 Å². The van der Waals surface area contributed by atoms with E-state index in [0.717, 1.165) is 61.1 Å². The summed E-state index contributed by atoms with van der Waals surface area (Å²) in [6.07, 6.45) is 5.45. The molecule has 11 nitrogen and oxygen atoms in total. The van der Waals surface area contributed by atoms with Gasteiger partial charge < -0.3 is 15.4 Å². The summed E-state index contributed by atoms with van der Waals surface area (Å²) in [7, 11) is -3.17. The molecule has 0 saturated carbocycles. The van der Waals surface area contributed by atoms with Crippen LogP contribution < -0.4 is 10.6 Å². The maximum atomic E-state index is 12.0. The Morgan fingerprint density at radius 3 is 2.56 bits per heavy atom. The molecular weight excluding hydrogens is 476 g/mol. The van der Waals surface area contributed by atoms with E-state index in [1.807, 2.05) is 18.7 Å². The molecule has 0 spiro atoms. The summed E-state index contributed by atoms with van der Waals surface area (Å²) in [5.74, 6) is 1.78. The largest absolute Gasteiger partial charge is 0.378 e. The van der Waals surface area contributed by atoms with Crippen LogP contribution in [0.3, 0.4) is 0 Å². The van der Waals surface area contributed by atoms with Gasteiger partial charge in [-0.15, -0.1) is 11.8 Å². The van der Waals surface area contributed by atoms with Crippen LogP contribution in [0.2, 0.25) is 0 Å². The van der Waals surface area contributed by atoms with Crippen LogP contribution >= 0.6 is 11.8 Å². The van der Waals surface area contributed by atoms with E-state index in [0.29, 0.717) is 30.8 Å². The fourth-order valence-electron chi connectivity index (χ4n) is 4.80. The van der Waals surface area contributed by atoms with Gasteiger partial charge >= 0.3 is 0 Å². The van der Waals surface area contributed by atoms with Gasteiger partial charge in [-0.1, -0.05) is 0 Å². The number of nitrogens with two attached hydrogens (primary N) is 1.